The third-order valence-corrected chi connectivity index (χ3v) is 3.63. The third-order valence-electron chi connectivity index (χ3n) is 2.83. The Morgan fingerprint density at radius 2 is 2.00 bits per heavy atom. The number of thiocarbonyl (C=S) groups is 1. The molecule has 21 heavy (non-hydrogen) atoms. The molecule has 2 aromatic rings. The van der Waals surface area contributed by atoms with Gasteiger partial charge in [0.2, 0.25) is 0 Å². The molecular formula is C15H19BrN4S. The van der Waals surface area contributed by atoms with Gasteiger partial charge in [0, 0.05) is 12.2 Å². The molecule has 0 bridgehead atoms. The first-order valence-corrected chi connectivity index (χ1v) is 8.00. The number of benzene rings is 1. The highest BCUT2D eigenvalue weighted by Crippen LogP contribution is 2.20. The van der Waals surface area contributed by atoms with Gasteiger partial charge in [0.1, 0.15) is 0 Å². The van der Waals surface area contributed by atoms with Crippen LogP contribution in [-0.2, 0) is 6.54 Å². The summed E-state index contributed by atoms with van der Waals surface area (Å²) < 4.78 is 2.78. The van der Waals surface area contributed by atoms with Crippen molar-refractivity contribution in [3.05, 3.63) is 46.1 Å². The number of hydrogen-bond acceptors (Lipinski definition) is 2. The Kier molecular flexibility index (Phi) is 5.36. The molecule has 1 aromatic carbocycles. The van der Waals surface area contributed by atoms with E-state index < -0.39 is 0 Å². The number of nitrogens with zero attached hydrogens (tertiary/aromatic N) is 2. The van der Waals surface area contributed by atoms with Crippen LogP contribution in [0.2, 0.25) is 0 Å². The Hall–Kier alpha value is -1.40. The van der Waals surface area contributed by atoms with Crippen molar-refractivity contribution in [3.63, 3.8) is 0 Å². The number of nitrogens with one attached hydrogen (secondary N) is 2. The first-order chi connectivity index (χ1) is 9.94. The zero-order valence-electron chi connectivity index (χ0n) is 12.4. The van der Waals surface area contributed by atoms with E-state index in [9.17, 15) is 0 Å². The molecule has 6 heteroatoms. The van der Waals surface area contributed by atoms with Crippen LogP contribution in [0.3, 0.4) is 0 Å². The molecule has 2 rings (SSSR count). The fraction of sp³-hybridized carbons (Fsp3) is 0.333. The van der Waals surface area contributed by atoms with E-state index >= 15 is 0 Å². The predicted octanol–water partition coefficient (Wildman–Crippen LogP) is 3.70. The third kappa shape index (κ3) is 4.82. The fourth-order valence-electron chi connectivity index (χ4n) is 1.85. The minimum atomic E-state index is 0.290. The van der Waals surface area contributed by atoms with Crippen molar-refractivity contribution in [3.8, 4) is 0 Å². The highest BCUT2D eigenvalue weighted by atomic mass is 79.9. The zero-order valence-corrected chi connectivity index (χ0v) is 14.8. The van der Waals surface area contributed by atoms with E-state index in [1.807, 2.05) is 24.7 Å². The molecule has 0 aliphatic heterocycles. The lowest BCUT2D eigenvalue weighted by atomic mass is 10.1. The zero-order chi connectivity index (χ0) is 15.4. The summed E-state index contributed by atoms with van der Waals surface area (Å²) >= 11 is 8.74. The molecule has 0 aliphatic rings. The highest BCUT2D eigenvalue weighted by Gasteiger charge is 2.09. The summed E-state index contributed by atoms with van der Waals surface area (Å²) in [5.74, 6) is 0.722. The molecule has 0 saturated carbocycles. The van der Waals surface area contributed by atoms with Gasteiger partial charge in [0.15, 0.2) is 10.9 Å². The van der Waals surface area contributed by atoms with Crippen LogP contribution in [0.1, 0.15) is 25.0 Å². The Bertz CT molecular complexity index is 619. The van der Waals surface area contributed by atoms with Gasteiger partial charge in [-0.1, -0.05) is 29.8 Å². The molecule has 0 radical (unpaired) electrons. The quantitative estimate of drug-likeness (QED) is 0.809. The van der Waals surface area contributed by atoms with Crippen molar-refractivity contribution in [2.75, 3.05) is 5.32 Å². The molecule has 0 aliphatic carbocycles. The van der Waals surface area contributed by atoms with Crippen molar-refractivity contribution in [2.24, 2.45) is 0 Å². The number of aryl methyl sites for hydroxylation is 1. The number of rotatable bonds is 4. The van der Waals surface area contributed by atoms with Crippen LogP contribution in [0.15, 0.2) is 34.9 Å². The second-order valence-corrected chi connectivity index (χ2v) is 6.52. The van der Waals surface area contributed by atoms with Crippen molar-refractivity contribution >= 4 is 39.1 Å². The standard InChI is InChI=1S/C15H19BrN4S/c1-10(2)17-15(21)18-14-13(16)9-20(19-14)8-12-6-4-11(3)5-7-12/h4-7,9-10H,8H2,1-3H3,(H2,17,18,19,21). The van der Waals surface area contributed by atoms with E-state index in [0.29, 0.717) is 11.2 Å². The molecule has 2 N–H and O–H groups in total. The minimum absolute atomic E-state index is 0.290. The number of anilines is 1. The van der Waals surface area contributed by atoms with Crippen molar-refractivity contribution in [1.82, 2.24) is 15.1 Å². The van der Waals surface area contributed by atoms with Crippen LogP contribution in [0.5, 0.6) is 0 Å². The van der Waals surface area contributed by atoms with E-state index in [-0.39, 0.29) is 0 Å². The van der Waals surface area contributed by atoms with Crippen LogP contribution >= 0.6 is 28.1 Å². The van der Waals surface area contributed by atoms with E-state index in [1.54, 1.807) is 0 Å². The fourth-order valence-corrected chi connectivity index (χ4v) is 2.60. The molecule has 0 atom stereocenters. The second kappa shape index (κ2) is 7.04. The average molecular weight is 367 g/mol. The first kappa shape index (κ1) is 16.0. The van der Waals surface area contributed by atoms with Gasteiger partial charge < -0.3 is 10.6 Å². The predicted molar refractivity (Wildman–Crippen MR) is 94.7 cm³/mol. The van der Waals surface area contributed by atoms with Gasteiger partial charge in [0.25, 0.3) is 0 Å². The van der Waals surface area contributed by atoms with Crippen molar-refractivity contribution in [2.45, 2.75) is 33.4 Å². The Morgan fingerprint density at radius 1 is 1.33 bits per heavy atom. The summed E-state index contributed by atoms with van der Waals surface area (Å²) in [6, 6.07) is 8.73. The van der Waals surface area contributed by atoms with Crippen LogP contribution in [0, 0.1) is 6.92 Å². The maximum atomic E-state index is 5.23. The van der Waals surface area contributed by atoms with Crippen LogP contribution in [-0.4, -0.2) is 20.9 Å². The molecular weight excluding hydrogens is 348 g/mol. The Morgan fingerprint density at radius 3 is 2.62 bits per heavy atom. The van der Waals surface area contributed by atoms with Gasteiger partial charge in [-0.05, 0) is 54.5 Å². The maximum Gasteiger partial charge on any atom is 0.172 e. The summed E-state index contributed by atoms with van der Waals surface area (Å²) in [4.78, 5) is 0. The normalized spacial score (nSPS) is 10.7. The Labute approximate surface area is 139 Å². The van der Waals surface area contributed by atoms with Gasteiger partial charge >= 0.3 is 0 Å². The minimum Gasteiger partial charge on any atom is -0.360 e. The monoisotopic (exact) mass is 366 g/mol. The summed E-state index contributed by atoms with van der Waals surface area (Å²) in [7, 11) is 0. The summed E-state index contributed by atoms with van der Waals surface area (Å²) in [6.45, 7) is 6.89. The molecule has 4 nitrogen and oxygen atoms in total. The van der Waals surface area contributed by atoms with Gasteiger partial charge in [-0.15, -0.1) is 0 Å². The number of aromatic nitrogens is 2. The van der Waals surface area contributed by atoms with Crippen LogP contribution in [0.4, 0.5) is 5.82 Å². The van der Waals surface area contributed by atoms with E-state index in [2.05, 4.69) is 62.9 Å². The van der Waals surface area contributed by atoms with Gasteiger partial charge in [0.05, 0.1) is 11.0 Å². The highest BCUT2D eigenvalue weighted by molar-refractivity contribution is 9.10. The van der Waals surface area contributed by atoms with Crippen molar-refractivity contribution in [1.29, 1.82) is 0 Å². The Balaban J connectivity index is 2.04. The van der Waals surface area contributed by atoms with E-state index in [4.69, 9.17) is 12.2 Å². The number of halogens is 1. The lowest BCUT2D eigenvalue weighted by molar-refractivity contribution is 0.688. The average Bonchev–Trinajstić information content (AvgIpc) is 2.71. The molecule has 0 amide bonds. The molecule has 0 spiro atoms. The van der Waals surface area contributed by atoms with E-state index in [0.717, 1.165) is 16.8 Å². The maximum absolute atomic E-state index is 5.23. The van der Waals surface area contributed by atoms with Gasteiger partial charge in [-0.3, -0.25) is 4.68 Å². The molecule has 1 aromatic heterocycles. The molecule has 0 saturated heterocycles. The van der Waals surface area contributed by atoms with E-state index in [1.165, 1.54) is 11.1 Å². The second-order valence-electron chi connectivity index (χ2n) is 5.26. The molecule has 0 fully saturated rings. The summed E-state index contributed by atoms with van der Waals surface area (Å²) in [5.41, 5.74) is 2.47. The molecule has 112 valence electrons. The van der Waals surface area contributed by atoms with Crippen LogP contribution < -0.4 is 10.6 Å². The largest absolute Gasteiger partial charge is 0.360 e. The summed E-state index contributed by atoms with van der Waals surface area (Å²) in [6.07, 6.45) is 1.94. The molecule has 1 heterocycles. The van der Waals surface area contributed by atoms with Crippen molar-refractivity contribution < 1.29 is 0 Å². The lowest BCUT2D eigenvalue weighted by Gasteiger charge is -2.11. The van der Waals surface area contributed by atoms with Gasteiger partial charge in [-0.25, -0.2) is 0 Å². The lowest BCUT2D eigenvalue weighted by Crippen LogP contribution is -2.34. The topological polar surface area (TPSA) is 41.9 Å². The SMILES string of the molecule is Cc1ccc(Cn2cc(Br)c(NC(=S)NC(C)C)n2)cc1. The summed E-state index contributed by atoms with van der Waals surface area (Å²) in [5, 5.41) is 11.3. The first-order valence-electron chi connectivity index (χ1n) is 6.80. The molecule has 0 unspecified atom stereocenters. The van der Waals surface area contributed by atoms with Crippen LogP contribution in [0.25, 0.3) is 0 Å². The number of hydrogen-bond donors (Lipinski definition) is 2. The van der Waals surface area contributed by atoms with Gasteiger partial charge in [-0.2, -0.15) is 5.10 Å². The smallest absolute Gasteiger partial charge is 0.172 e.